The lowest BCUT2D eigenvalue weighted by Crippen LogP contribution is -2.48. The fourth-order valence-electron chi connectivity index (χ4n) is 3.83. The Morgan fingerprint density at radius 1 is 1.15 bits per heavy atom. The molecule has 0 spiro atoms. The van der Waals surface area contributed by atoms with Gasteiger partial charge in [0.2, 0.25) is 0 Å². The van der Waals surface area contributed by atoms with Crippen LogP contribution < -0.4 is 9.47 Å². The highest BCUT2D eigenvalue weighted by atomic mass is 35.5. The molecule has 1 aliphatic rings. The number of halogens is 1. The number of nitrogens with zero attached hydrogens (tertiary/aromatic N) is 3. The molecule has 1 fully saturated rings. The van der Waals surface area contributed by atoms with Crippen LogP contribution in [0.15, 0.2) is 60.9 Å². The van der Waals surface area contributed by atoms with Gasteiger partial charge >= 0.3 is 0 Å². The fourth-order valence-corrected chi connectivity index (χ4v) is 4.01. The third kappa shape index (κ3) is 7.20. The lowest BCUT2D eigenvalue weighted by Gasteiger charge is -2.30. The lowest BCUT2D eigenvalue weighted by atomic mass is 10.1. The zero-order chi connectivity index (χ0) is 23.1. The molecule has 2 heterocycles. The van der Waals surface area contributed by atoms with Crippen molar-refractivity contribution in [2.75, 3.05) is 39.5 Å². The van der Waals surface area contributed by atoms with E-state index < -0.39 is 5.60 Å². The highest BCUT2D eigenvalue weighted by molar-refractivity contribution is 6.30. The minimum Gasteiger partial charge on any atom is -0.492 e. The van der Waals surface area contributed by atoms with Crippen molar-refractivity contribution in [2.45, 2.75) is 25.6 Å². The summed E-state index contributed by atoms with van der Waals surface area (Å²) in [4.78, 5) is 2.18. The summed E-state index contributed by atoms with van der Waals surface area (Å²) in [6.07, 6.45) is 3.84. The molecule has 7 nitrogen and oxygen atoms in total. The van der Waals surface area contributed by atoms with E-state index in [0.29, 0.717) is 43.6 Å². The third-order valence-electron chi connectivity index (χ3n) is 5.40. The maximum atomic E-state index is 11.2. The van der Waals surface area contributed by atoms with Crippen LogP contribution in [0.5, 0.6) is 11.5 Å². The minimum atomic E-state index is -1.12. The zero-order valence-electron chi connectivity index (χ0n) is 18.8. The van der Waals surface area contributed by atoms with Gasteiger partial charge in [-0.2, -0.15) is 5.10 Å². The molecule has 2 aromatic carbocycles. The number of aliphatic hydroxyl groups is 1. The summed E-state index contributed by atoms with van der Waals surface area (Å²) in [5.41, 5.74) is 1.13. The maximum Gasteiger partial charge on any atom is 0.134 e. The molecule has 8 heteroatoms. The van der Waals surface area contributed by atoms with Crippen molar-refractivity contribution >= 4 is 11.6 Å². The Morgan fingerprint density at radius 3 is 2.76 bits per heavy atom. The Balaban J connectivity index is 1.32. The molecular weight excluding hydrogens is 442 g/mol. The van der Waals surface area contributed by atoms with Gasteiger partial charge in [0.05, 0.1) is 26.0 Å². The van der Waals surface area contributed by atoms with Crippen LogP contribution in [-0.2, 0) is 17.8 Å². The number of ether oxygens (including phenoxy) is 3. The first-order chi connectivity index (χ1) is 16.0. The van der Waals surface area contributed by atoms with Gasteiger partial charge in [-0.05, 0) is 48.4 Å². The smallest absolute Gasteiger partial charge is 0.134 e. The molecule has 0 amide bonds. The van der Waals surface area contributed by atoms with Crippen LogP contribution in [0.25, 0.3) is 0 Å². The van der Waals surface area contributed by atoms with Crippen LogP contribution >= 0.6 is 11.6 Å². The summed E-state index contributed by atoms with van der Waals surface area (Å²) in [7, 11) is 0. The summed E-state index contributed by atoms with van der Waals surface area (Å²) in [6.45, 7) is 6.01. The highest BCUT2D eigenvalue weighted by Crippen LogP contribution is 2.22. The van der Waals surface area contributed by atoms with Crippen molar-refractivity contribution in [1.82, 2.24) is 14.7 Å². The molecule has 4 rings (SSSR count). The Kier molecular flexibility index (Phi) is 7.88. The summed E-state index contributed by atoms with van der Waals surface area (Å²) in [5.74, 6) is 1.45. The van der Waals surface area contributed by atoms with E-state index >= 15 is 0 Å². The Hall–Kier alpha value is -2.58. The molecule has 0 bridgehead atoms. The van der Waals surface area contributed by atoms with Gasteiger partial charge in [0.25, 0.3) is 0 Å². The van der Waals surface area contributed by atoms with E-state index in [4.69, 9.17) is 25.8 Å². The predicted octanol–water partition coefficient (Wildman–Crippen LogP) is 3.57. The molecule has 33 heavy (non-hydrogen) atoms. The Bertz CT molecular complexity index is 1040. The molecule has 0 unspecified atom stereocenters. The normalized spacial score (nSPS) is 19.2. The molecular formula is C25H30ClN3O4. The van der Waals surface area contributed by atoms with Crippen LogP contribution in [0.4, 0.5) is 0 Å². The third-order valence-corrected chi connectivity index (χ3v) is 5.64. The van der Waals surface area contributed by atoms with Crippen molar-refractivity contribution in [1.29, 1.82) is 0 Å². The quantitative estimate of drug-likeness (QED) is 0.514. The molecule has 0 aliphatic carbocycles. The van der Waals surface area contributed by atoms with Crippen LogP contribution in [0, 0.1) is 6.92 Å². The monoisotopic (exact) mass is 471 g/mol. The molecule has 1 N–H and O–H groups in total. The van der Waals surface area contributed by atoms with Crippen molar-refractivity contribution in [3.8, 4) is 11.5 Å². The van der Waals surface area contributed by atoms with Crippen LogP contribution in [-0.4, -0.2) is 64.9 Å². The van der Waals surface area contributed by atoms with E-state index in [9.17, 15) is 5.11 Å². The van der Waals surface area contributed by atoms with Gasteiger partial charge in [0.15, 0.2) is 0 Å². The van der Waals surface area contributed by atoms with E-state index in [2.05, 4.69) is 16.1 Å². The molecule has 176 valence electrons. The van der Waals surface area contributed by atoms with E-state index in [1.54, 1.807) is 12.1 Å². The van der Waals surface area contributed by atoms with Gasteiger partial charge in [-0.15, -0.1) is 0 Å². The van der Waals surface area contributed by atoms with Crippen molar-refractivity contribution in [2.24, 2.45) is 0 Å². The van der Waals surface area contributed by atoms with E-state index in [-0.39, 0.29) is 13.2 Å². The first-order valence-corrected chi connectivity index (χ1v) is 11.5. The summed E-state index contributed by atoms with van der Waals surface area (Å²) < 4.78 is 19.3. The number of rotatable bonds is 9. The standard InChI is InChI=1S/C25H30ClN3O4/c1-20-14-27-29(15-20)9-11-32-23-6-2-4-21(12-23)16-28-8-10-31-18-25(30,17-28)19-33-24-7-3-5-22(26)13-24/h2-7,12-15,30H,8-11,16-19H2,1H3/t25-/m1/s1. The molecule has 3 aromatic rings. The molecule has 1 saturated heterocycles. The summed E-state index contributed by atoms with van der Waals surface area (Å²) >= 11 is 6.03. The van der Waals surface area contributed by atoms with Gasteiger partial charge in [0, 0.05) is 30.9 Å². The first-order valence-electron chi connectivity index (χ1n) is 11.1. The largest absolute Gasteiger partial charge is 0.492 e. The van der Waals surface area contributed by atoms with Gasteiger partial charge < -0.3 is 19.3 Å². The lowest BCUT2D eigenvalue weighted by molar-refractivity contribution is -0.0646. The molecule has 0 saturated carbocycles. The number of hydrogen-bond donors (Lipinski definition) is 1. The van der Waals surface area contributed by atoms with Crippen LogP contribution in [0.3, 0.4) is 0 Å². The van der Waals surface area contributed by atoms with E-state index in [0.717, 1.165) is 23.4 Å². The fraction of sp³-hybridized carbons (Fsp3) is 0.400. The van der Waals surface area contributed by atoms with Gasteiger partial charge in [-0.3, -0.25) is 9.58 Å². The van der Waals surface area contributed by atoms with E-state index in [1.165, 1.54) is 0 Å². The van der Waals surface area contributed by atoms with Crippen LogP contribution in [0.2, 0.25) is 5.02 Å². The number of β-amino-alcohol motifs (C(OH)–C–C–N with tert-alkyl or cyclic N) is 1. The number of hydrogen-bond acceptors (Lipinski definition) is 6. The molecule has 1 atom stereocenters. The van der Waals surface area contributed by atoms with Crippen molar-refractivity contribution < 1.29 is 19.3 Å². The Morgan fingerprint density at radius 2 is 1.97 bits per heavy atom. The minimum absolute atomic E-state index is 0.125. The average molecular weight is 472 g/mol. The average Bonchev–Trinajstić information content (AvgIpc) is 3.11. The van der Waals surface area contributed by atoms with Gasteiger partial charge in [-0.1, -0.05) is 29.8 Å². The number of aromatic nitrogens is 2. The van der Waals surface area contributed by atoms with E-state index in [1.807, 2.05) is 54.3 Å². The first kappa shape index (κ1) is 23.6. The van der Waals surface area contributed by atoms with Gasteiger partial charge in [0.1, 0.15) is 30.3 Å². The second-order valence-corrected chi connectivity index (χ2v) is 8.95. The summed E-state index contributed by atoms with van der Waals surface area (Å²) in [6, 6.07) is 15.2. The predicted molar refractivity (Wildman–Crippen MR) is 127 cm³/mol. The molecule has 1 aromatic heterocycles. The van der Waals surface area contributed by atoms with Crippen LogP contribution in [0.1, 0.15) is 11.1 Å². The van der Waals surface area contributed by atoms with Crippen molar-refractivity contribution in [3.05, 3.63) is 77.1 Å². The maximum absolute atomic E-state index is 11.2. The van der Waals surface area contributed by atoms with Gasteiger partial charge in [-0.25, -0.2) is 0 Å². The Labute approximate surface area is 199 Å². The SMILES string of the molecule is Cc1cnn(CCOc2cccc(CN3CCOC[C@@](O)(COc4cccc(Cl)c4)C3)c2)c1. The molecule has 0 radical (unpaired) electrons. The summed E-state index contributed by atoms with van der Waals surface area (Å²) in [5, 5.41) is 16.0. The number of benzene rings is 2. The number of aryl methyl sites for hydroxylation is 1. The second kappa shape index (κ2) is 11.0. The molecule has 1 aliphatic heterocycles. The van der Waals surface area contributed by atoms with Crippen molar-refractivity contribution in [3.63, 3.8) is 0 Å². The zero-order valence-corrected chi connectivity index (χ0v) is 19.6. The topological polar surface area (TPSA) is 69.0 Å². The highest BCUT2D eigenvalue weighted by Gasteiger charge is 2.33. The second-order valence-electron chi connectivity index (χ2n) is 8.51.